The zero-order chi connectivity index (χ0) is 23.8. The van der Waals surface area contributed by atoms with Gasteiger partial charge >= 0.3 is 0 Å². The number of aromatic nitrogens is 2. The first kappa shape index (κ1) is 22.8. The number of hydrogen-bond donors (Lipinski definition) is 0. The van der Waals surface area contributed by atoms with Crippen LogP contribution in [0.3, 0.4) is 0 Å². The highest BCUT2D eigenvalue weighted by atomic mass is 32.2. The van der Waals surface area contributed by atoms with Crippen LogP contribution in [0.15, 0.2) is 60.8 Å². The summed E-state index contributed by atoms with van der Waals surface area (Å²) < 4.78 is 28.0. The van der Waals surface area contributed by atoms with Crippen molar-refractivity contribution in [2.24, 2.45) is 0 Å². The molecule has 0 aliphatic heterocycles. The molecule has 168 valence electrons. The number of nitrogens with zero attached hydrogens (tertiary/aromatic N) is 3. The summed E-state index contributed by atoms with van der Waals surface area (Å²) in [7, 11) is -3.60. The fourth-order valence-corrected chi connectivity index (χ4v) is 5.74. The molecular weight excluding hydrogens is 430 g/mol. The molecule has 6 heteroatoms. The molecule has 0 saturated carbocycles. The highest BCUT2D eigenvalue weighted by Gasteiger charge is 2.22. The maximum absolute atomic E-state index is 13.3. The van der Waals surface area contributed by atoms with E-state index in [9.17, 15) is 13.7 Å². The summed E-state index contributed by atoms with van der Waals surface area (Å²) in [5.41, 5.74) is 7.77. The summed E-state index contributed by atoms with van der Waals surface area (Å²) in [5.74, 6) is 0.0578. The largest absolute Gasteiger partial charge is 0.251 e. The second-order valence-corrected chi connectivity index (χ2v) is 10.7. The molecule has 0 saturated heterocycles. The van der Waals surface area contributed by atoms with Gasteiger partial charge < -0.3 is 0 Å². The fraction of sp³-hybridized carbons (Fsp3) is 0.259. The van der Waals surface area contributed by atoms with Crippen molar-refractivity contribution in [3.63, 3.8) is 0 Å². The third-order valence-corrected chi connectivity index (χ3v) is 7.60. The van der Waals surface area contributed by atoms with E-state index in [4.69, 9.17) is 4.98 Å². The molecule has 0 radical (unpaired) electrons. The lowest BCUT2D eigenvalue weighted by atomic mass is 9.96. The van der Waals surface area contributed by atoms with Crippen molar-refractivity contribution in [2.45, 2.75) is 45.8 Å². The second kappa shape index (κ2) is 8.84. The predicted molar refractivity (Wildman–Crippen MR) is 132 cm³/mol. The molecule has 4 aromatic rings. The Bertz CT molecular complexity index is 1450. The number of aryl methyl sites for hydroxylation is 2. The molecule has 0 unspecified atom stereocenters. The van der Waals surface area contributed by atoms with Gasteiger partial charge in [0, 0.05) is 18.3 Å². The molecule has 0 fully saturated rings. The average molecular weight is 458 g/mol. The summed E-state index contributed by atoms with van der Waals surface area (Å²) in [6.45, 7) is 8.11. The van der Waals surface area contributed by atoms with Crippen molar-refractivity contribution in [1.29, 1.82) is 5.26 Å². The highest BCUT2D eigenvalue weighted by molar-refractivity contribution is 7.89. The lowest BCUT2D eigenvalue weighted by Crippen LogP contribution is -2.14. The summed E-state index contributed by atoms with van der Waals surface area (Å²) in [6, 6.07) is 19.0. The van der Waals surface area contributed by atoms with Gasteiger partial charge in [-0.1, -0.05) is 44.2 Å². The molecule has 0 amide bonds. The third kappa shape index (κ3) is 4.55. The molecule has 0 bridgehead atoms. The minimum atomic E-state index is -3.60. The van der Waals surface area contributed by atoms with Crippen molar-refractivity contribution >= 4 is 21.1 Å². The van der Waals surface area contributed by atoms with Gasteiger partial charge in [0.1, 0.15) is 0 Å². The van der Waals surface area contributed by atoms with Crippen LogP contribution in [0.25, 0.3) is 11.0 Å². The minimum Gasteiger partial charge on any atom is -0.251 e. The van der Waals surface area contributed by atoms with Crippen molar-refractivity contribution in [3.8, 4) is 6.07 Å². The quantitative estimate of drug-likeness (QED) is 0.377. The predicted octanol–water partition coefficient (Wildman–Crippen LogP) is 5.62. The van der Waals surface area contributed by atoms with Gasteiger partial charge in [0.05, 0.1) is 28.4 Å². The Morgan fingerprint density at radius 2 is 1.70 bits per heavy atom. The summed E-state index contributed by atoms with van der Waals surface area (Å²) in [6.07, 6.45) is 2.35. The van der Waals surface area contributed by atoms with Gasteiger partial charge in [-0.3, -0.25) is 4.98 Å². The molecule has 0 aliphatic carbocycles. The fourth-order valence-electron chi connectivity index (χ4n) is 4.26. The van der Waals surface area contributed by atoms with Crippen LogP contribution in [-0.4, -0.2) is 17.4 Å². The van der Waals surface area contributed by atoms with Crippen LogP contribution in [0.5, 0.6) is 0 Å². The Morgan fingerprint density at radius 3 is 2.30 bits per heavy atom. The Kier molecular flexibility index (Phi) is 6.09. The molecule has 2 aromatic carbocycles. The average Bonchev–Trinajstić information content (AvgIpc) is 3.16. The lowest BCUT2D eigenvalue weighted by molar-refractivity contribution is 0.588. The highest BCUT2D eigenvalue weighted by Crippen LogP contribution is 2.29. The van der Waals surface area contributed by atoms with E-state index in [1.807, 2.05) is 82.3 Å². The third-order valence-electron chi connectivity index (χ3n) is 6.00. The van der Waals surface area contributed by atoms with E-state index in [0.29, 0.717) is 17.5 Å². The smallest absolute Gasteiger partial charge is 0.243 e. The Morgan fingerprint density at radius 1 is 1.03 bits per heavy atom. The normalized spacial score (nSPS) is 11.8. The number of hydrogen-bond acceptors (Lipinski definition) is 4. The first-order chi connectivity index (χ1) is 15.7. The minimum absolute atomic E-state index is 0.0689. The van der Waals surface area contributed by atoms with Gasteiger partial charge in [-0.15, -0.1) is 0 Å². The maximum Gasteiger partial charge on any atom is 0.243 e. The topological polar surface area (TPSA) is 75.8 Å². The molecule has 2 heterocycles. The van der Waals surface area contributed by atoms with E-state index in [1.165, 1.54) is 3.97 Å². The number of nitriles is 1. The molecule has 5 nitrogen and oxygen atoms in total. The molecular formula is C27H27N3O2S. The van der Waals surface area contributed by atoms with Gasteiger partial charge in [-0.2, -0.15) is 5.26 Å². The van der Waals surface area contributed by atoms with Crippen LogP contribution in [0.2, 0.25) is 0 Å². The van der Waals surface area contributed by atoms with E-state index >= 15 is 0 Å². The van der Waals surface area contributed by atoms with Crippen molar-refractivity contribution in [2.75, 3.05) is 0 Å². The van der Waals surface area contributed by atoms with E-state index in [1.54, 1.807) is 6.20 Å². The first-order valence-electron chi connectivity index (χ1n) is 11.0. The summed E-state index contributed by atoms with van der Waals surface area (Å²) >= 11 is 0. The van der Waals surface area contributed by atoms with Gasteiger partial charge in [-0.05, 0) is 71.8 Å². The maximum atomic E-state index is 13.3. The van der Waals surface area contributed by atoms with E-state index in [2.05, 4.69) is 6.07 Å². The number of fused-ring (bicyclic) bond motifs is 1. The van der Waals surface area contributed by atoms with E-state index < -0.39 is 10.0 Å². The monoisotopic (exact) mass is 457 g/mol. The summed E-state index contributed by atoms with van der Waals surface area (Å²) in [5, 5.41) is 9.22. The van der Waals surface area contributed by atoms with Crippen molar-refractivity contribution in [3.05, 3.63) is 99.9 Å². The van der Waals surface area contributed by atoms with Gasteiger partial charge in [-0.25, -0.2) is 12.4 Å². The van der Waals surface area contributed by atoms with Crippen LogP contribution < -0.4 is 0 Å². The van der Waals surface area contributed by atoms with Crippen LogP contribution in [0, 0.1) is 25.2 Å². The van der Waals surface area contributed by atoms with Crippen LogP contribution in [0.1, 0.15) is 58.8 Å². The number of benzene rings is 2. The first-order valence-corrected chi connectivity index (χ1v) is 12.6. The van der Waals surface area contributed by atoms with Gasteiger partial charge in [0.25, 0.3) is 0 Å². The standard InChI is InChI=1S/C27H27N3O2S/c1-18(2)25-16-30(33(31,32)17-21-8-6-5-7-9-21)26-11-10-23(29-27(25)26)14-24-19(3)12-22(15-28)13-20(24)4/h5-13,16,18H,14,17H2,1-4H3. The Balaban J connectivity index is 1.77. The van der Waals surface area contributed by atoms with Crippen LogP contribution >= 0.6 is 0 Å². The van der Waals surface area contributed by atoms with Crippen molar-refractivity contribution in [1.82, 2.24) is 8.96 Å². The molecule has 2 aromatic heterocycles. The molecule has 0 aliphatic rings. The molecule has 0 atom stereocenters. The molecule has 4 rings (SSSR count). The van der Waals surface area contributed by atoms with Crippen LogP contribution in [0.4, 0.5) is 0 Å². The van der Waals surface area contributed by atoms with E-state index in [0.717, 1.165) is 39.0 Å². The number of pyridine rings is 1. The molecule has 0 spiro atoms. The SMILES string of the molecule is Cc1cc(C#N)cc(C)c1Cc1ccc2c(n1)c(C(C)C)cn2S(=O)(=O)Cc1ccccc1. The second-order valence-electron chi connectivity index (χ2n) is 8.82. The van der Waals surface area contributed by atoms with Gasteiger partial charge in [0.15, 0.2) is 0 Å². The van der Waals surface area contributed by atoms with Crippen LogP contribution in [-0.2, 0) is 22.2 Å². The summed E-state index contributed by atoms with van der Waals surface area (Å²) in [4.78, 5) is 4.91. The zero-order valence-corrected chi connectivity index (χ0v) is 20.1. The Labute approximate surface area is 195 Å². The Hall–Kier alpha value is -3.43. The molecule has 0 N–H and O–H groups in total. The zero-order valence-electron chi connectivity index (χ0n) is 19.3. The van der Waals surface area contributed by atoms with E-state index in [-0.39, 0.29) is 11.7 Å². The van der Waals surface area contributed by atoms with Gasteiger partial charge in [0.2, 0.25) is 10.0 Å². The molecule has 33 heavy (non-hydrogen) atoms. The number of rotatable bonds is 6. The van der Waals surface area contributed by atoms with Crippen molar-refractivity contribution < 1.29 is 8.42 Å². The lowest BCUT2D eigenvalue weighted by Gasteiger charge is -2.11.